The van der Waals surface area contributed by atoms with Crippen LogP contribution in [-0.2, 0) is 13.6 Å². The minimum atomic E-state index is -0.185. The third-order valence-electron chi connectivity index (χ3n) is 5.54. The van der Waals surface area contributed by atoms with Crippen LogP contribution < -0.4 is 14.6 Å². The van der Waals surface area contributed by atoms with Crippen LogP contribution in [0.4, 0.5) is 0 Å². The van der Waals surface area contributed by atoms with E-state index in [0.717, 1.165) is 12.1 Å². The van der Waals surface area contributed by atoms with Gasteiger partial charge in [-0.15, -0.1) is 0 Å². The maximum atomic E-state index is 12.5. The fourth-order valence-electron chi connectivity index (χ4n) is 3.56. The minimum absolute atomic E-state index is 0.185. The molecule has 2 rings (SSSR count). The lowest BCUT2D eigenvalue weighted by molar-refractivity contribution is -0.679. The van der Waals surface area contributed by atoms with Crippen molar-refractivity contribution in [3.8, 4) is 5.75 Å². The first kappa shape index (κ1) is 25.2. The van der Waals surface area contributed by atoms with E-state index in [0.29, 0.717) is 29.5 Å². The van der Waals surface area contributed by atoms with Gasteiger partial charge in [-0.1, -0.05) is 82.4 Å². The van der Waals surface area contributed by atoms with E-state index in [-0.39, 0.29) is 5.91 Å². The van der Waals surface area contributed by atoms with Crippen molar-refractivity contribution in [3.63, 3.8) is 0 Å². The van der Waals surface area contributed by atoms with E-state index < -0.39 is 0 Å². The summed E-state index contributed by atoms with van der Waals surface area (Å²) in [6.45, 7) is 3.39. The Bertz CT molecular complexity index is 795. The van der Waals surface area contributed by atoms with Gasteiger partial charge >= 0.3 is 0 Å². The zero-order chi connectivity index (χ0) is 22.3. The Morgan fingerprint density at radius 2 is 1.65 bits per heavy atom. The molecule has 1 N–H and O–H groups in total. The molecule has 31 heavy (non-hydrogen) atoms. The van der Waals surface area contributed by atoms with Crippen LogP contribution in [0.15, 0.2) is 42.6 Å². The molecule has 0 saturated heterocycles. The number of nitrogens with zero attached hydrogens (tertiary/aromatic N) is 1. The van der Waals surface area contributed by atoms with Crippen LogP contribution in [0, 0.1) is 0 Å². The second-order valence-electron chi connectivity index (χ2n) is 8.16. The van der Waals surface area contributed by atoms with E-state index >= 15 is 0 Å². The summed E-state index contributed by atoms with van der Waals surface area (Å²) in [6.07, 6.45) is 15.0. The van der Waals surface area contributed by atoms with Gasteiger partial charge < -0.3 is 10.1 Å². The number of ether oxygens (including phenoxy) is 1. The standard InChI is InChI=1S/C26H37ClN2O2/c1-3-4-5-6-7-8-9-10-11-14-19-31-23-16-17-24(25(27)20-23)26(30)28-21-22-15-12-13-18-29(22)2/h12-13,15-18,20H,3-11,14,19,21H2,1-2H3/p+1. The third-order valence-corrected chi connectivity index (χ3v) is 5.86. The van der Waals surface area contributed by atoms with Gasteiger partial charge in [0.25, 0.3) is 5.91 Å². The molecule has 5 heteroatoms. The van der Waals surface area contributed by atoms with Crippen molar-refractivity contribution in [3.05, 3.63) is 58.9 Å². The lowest BCUT2D eigenvalue weighted by atomic mass is 10.1. The molecule has 0 aliphatic heterocycles. The van der Waals surface area contributed by atoms with Crippen molar-refractivity contribution < 1.29 is 14.1 Å². The van der Waals surface area contributed by atoms with E-state index in [1.165, 1.54) is 57.8 Å². The van der Waals surface area contributed by atoms with Crippen LogP contribution in [-0.4, -0.2) is 12.5 Å². The van der Waals surface area contributed by atoms with Crippen LogP contribution in [0.25, 0.3) is 0 Å². The number of aryl methyl sites for hydroxylation is 1. The first-order chi connectivity index (χ1) is 15.1. The average molecular weight is 446 g/mol. The number of carbonyl (C=O) groups is 1. The Morgan fingerprint density at radius 3 is 2.29 bits per heavy atom. The fourth-order valence-corrected chi connectivity index (χ4v) is 3.81. The van der Waals surface area contributed by atoms with Gasteiger partial charge in [-0.2, -0.15) is 0 Å². The number of nitrogens with one attached hydrogen (secondary N) is 1. The van der Waals surface area contributed by atoms with E-state index in [1.807, 2.05) is 42.1 Å². The molecule has 0 aliphatic carbocycles. The molecule has 1 aromatic carbocycles. The maximum Gasteiger partial charge on any atom is 0.253 e. The number of carbonyl (C=O) groups excluding carboxylic acids is 1. The van der Waals surface area contributed by atoms with Crippen LogP contribution in [0.5, 0.6) is 5.75 Å². The van der Waals surface area contributed by atoms with Gasteiger partial charge in [-0.3, -0.25) is 4.79 Å². The summed E-state index contributed by atoms with van der Waals surface area (Å²) in [5.74, 6) is 0.530. The highest BCUT2D eigenvalue weighted by molar-refractivity contribution is 6.34. The predicted octanol–water partition coefficient (Wildman–Crippen LogP) is 6.39. The van der Waals surface area contributed by atoms with E-state index in [4.69, 9.17) is 16.3 Å². The number of aromatic nitrogens is 1. The summed E-state index contributed by atoms with van der Waals surface area (Å²) in [4.78, 5) is 12.5. The molecule has 0 aliphatic rings. The number of hydrogen-bond donors (Lipinski definition) is 1. The van der Waals surface area contributed by atoms with Crippen LogP contribution >= 0.6 is 11.6 Å². The van der Waals surface area contributed by atoms with Crippen molar-refractivity contribution in [2.45, 2.75) is 77.7 Å². The summed E-state index contributed by atoms with van der Waals surface area (Å²) in [6, 6.07) is 11.2. The average Bonchev–Trinajstić information content (AvgIpc) is 2.77. The highest BCUT2D eigenvalue weighted by Gasteiger charge is 2.13. The topological polar surface area (TPSA) is 42.2 Å². The lowest BCUT2D eigenvalue weighted by Gasteiger charge is -2.10. The molecule has 0 spiro atoms. The minimum Gasteiger partial charge on any atom is -0.494 e. The van der Waals surface area contributed by atoms with Crippen LogP contribution in [0.1, 0.15) is 87.2 Å². The Hall–Kier alpha value is -2.07. The van der Waals surface area contributed by atoms with Gasteiger partial charge in [0.15, 0.2) is 11.9 Å². The van der Waals surface area contributed by atoms with Gasteiger partial charge in [-0.25, -0.2) is 4.57 Å². The molecule has 1 amide bonds. The van der Waals surface area contributed by atoms with Crippen molar-refractivity contribution in [2.24, 2.45) is 7.05 Å². The number of pyridine rings is 1. The molecule has 0 unspecified atom stereocenters. The lowest BCUT2D eigenvalue weighted by Crippen LogP contribution is -2.37. The molecule has 1 aromatic heterocycles. The number of hydrogen-bond acceptors (Lipinski definition) is 2. The van der Waals surface area contributed by atoms with Gasteiger partial charge in [0.2, 0.25) is 0 Å². The Balaban J connectivity index is 1.63. The molecule has 0 bridgehead atoms. The fraction of sp³-hybridized carbons (Fsp3) is 0.538. The normalized spacial score (nSPS) is 10.8. The molecule has 4 nitrogen and oxygen atoms in total. The molecule has 0 saturated carbocycles. The van der Waals surface area contributed by atoms with Gasteiger partial charge in [0.05, 0.1) is 17.2 Å². The second kappa shape index (κ2) is 14.9. The highest BCUT2D eigenvalue weighted by atomic mass is 35.5. The van der Waals surface area contributed by atoms with Crippen molar-refractivity contribution in [1.82, 2.24) is 5.32 Å². The predicted molar refractivity (Wildman–Crippen MR) is 128 cm³/mol. The number of rotatable bonds is 15. The molecule has 1 heterocycles. The summed E-state index contributed by atoms with van der Waals surface area (Å²) in [5, 5.41) is 3.33. The third kappa shape index (κ3) is 9.73. The number of halogens is 1. The van der Waals surface area contributed by atoms with E-state index in [9.17, 15) is 4.79 Å². The smallest absolute Gasteiger partial charge is 0.253 e. The van der Waals surface area contributed by atoms with Crippen LogP contribution in [0.2, 0.25) is 5.02 Å². The quantitative estimate of drug-likeness (QED) is 0.255. The maximum absolute atomic E-state index is 12.5. The van der Waals surface area contributed by atoms with Crippen molar-refractivity contribution in [1.29, 1.82) is 0 Å². The van der Waals surface area contributed by atoms with Gasteiger partial charge in [0.1, 0.15) is 19.3 Å². The Kier molecular flexibility index (Phi) is 12.1. The second-order valence-corrected chi connectivity index (χ2v) is 8.56. The van der Waals surface area contributed by atoms with Gasteiger partial charge in [-0.05, 0) is 24.6 Å². The summed E-state index contributed by atoms with van der Waals surface area (Å²) >= 11 is 6.33. The SMILES string of the molecule is CCCCCCCCCCCCOc1ccc(C(=O)NCc2cccc[n+]2C)c(Cl)c1. The highest BCUT2D eigenvalue weighted by Crippen LogP contribution is 2.23. The summed E-state index contributed by atoms with van der Waals surface area (Å²) in [5.41, 5.74) is 1.48. The summed E-state index contributed by atoms with van der Waals surface area (Å²) < 4.78 is 7.80. The number of amides is 1. The molecular weight excluding hydrogens is 408 g/mol. The zero-order valence-corrected chi connectivity index (χ0v) is 19.9. The zero-order valence-electron chi connectivity index (χ0n) is 19.2. The van der Waals surface area contributed by atoms with Crippen molar-refractivity contribution in [2.75, 3.05) is 6.61 Å². The molecule has 0 atom stereocenters. The largest absolute Gasteiger partial charge is 0.494 e. The van der Waals surface area contributed by atoms with Crippen molar-refractivity contribution >= 4 is 17.5 Å². The summed E-state index contributed by atoms with van der Waals surface area (Å²) in [7, 11) is 1.95. The molecule has 170 valence electrons. The first-order valence-electron chi connectivity index (χ1n) is 11.8. The molecule has 2 aromatic rings. The first-order valence-corrected chi connectivity index (χ1v) is 12.1. The number of benzene rings is 1. The molecule has 0 radical (unpaired) electrons. The monoisotopic (exact) mass is 445 g/mol. The van der Waals surface area contributed by atoms with E-state index in [2.05, 4.69) is 12.2 Å². The Labute approximate surface area is 193 Å². The Morgan fingerprint density at radius 1 is 0.968 bits per heavy atom. The van der Waals surface area contributed by atoms with E-state index in [1.54, 1.807) is 12.1 Å². The molecular formula is C26H38ClN2O2+. The number of unbranched alkanes of at least 4 members (excludes halogenated alkanes) is 9. The van der Waals surface area contributed by atoms with Crippen LogP contribution in [0.3, 0.4) is 0 Å². The van der Waals surface area contributed by atoms with Gasteiger partial charge in [0, 0.05) is 12.1 Å². The molecule has 0 fully saturated rings.